The molecule has 0 spiro atoms. The summed E-state index contributed by atoms with van der Waals surface area (Å²) in [5.74, 6) is 0.435. The van der Waals surface area contributed by atoms with Gasteiger partial charge in [0.15, 0.2) is 0 Å². The van der Waals surface area contributed by atoms with E-state index < -0.39 is 0 Å². The monoisotopic (exact) mass is 333 g/mol. The molecule has 1 N–H and O–H groups in total. The van der Waals surface area contributed by atoms with Crippen LogP contribution in [-0.2, 0) is 7.05 Å². The van der Waals surface area contributed by atoms with Crippen LogP contribution in [0.2, 0.25) is 5.15 Å². The first-order valence-electron chi connectivity index (χ1n) is 6.43. The normalized spacial score (nSPS) is 10.7. The molecule has 0 fully saturated rings. The summed E-state index contributed by atoms with van der Waals surface area (Å²) < 4.78 is 1.61. The van der Waals surface area contributed by atoms with Crippen LogP contribution in [0.25, 0.3) is 10.6 Å². The molecule has 22 heavy (non-hydrogen) atoms. The van der Waals surface area contributed by atoms with Gasteiger partial charge in [-0.15, -0.1) is 0 Å². The minimum atomic E-state index is -0.0116. The molecule has 0 saturated heterocycles. The van der Waals surface area contributed by atoms with Crippen molar-refractivity contribution in [1.82, 2.24) is 19.5 Å². The lowest BCUT2D eigenvalue weighted by atomic mass is 10.3. The molecule has 6 nitrogen and oxygen atoms in total. The minimum Gasteiger partial charge on any atom is -0.323 e. The predicted molar refractivity (Wildman–Crippen MR) is 87.9 cm³/mol. The summed E-state index contributed by atoms with van der Waals surface area (Å²) in [6, 6.07) is 5.25. The Kier molecular flexibility index (Phi) is 3.91. The fourth-order valence-corrected chi connectivity index (χ4v) is 2.94. The molecule has 3 aromatic rings. The molecule has 3 rings (SSSR count). The lowest BCUT2D eigenvalue weighted by Crippen LogP contribution is -2.08. The fourth-order valence-electron chi connectivity index (χ4n) is 1.88. The Morgan fingerprint density at radius 2 is 2.09 bits per heavy atom. The second kappa shape index (κ2) is 5.86. The maximum Gasteiger partial charge on any atom is 0.307 e. The molecule has 0 amide bonds. The third kappa shape index (κ3) is 2.86. The molecule has 0 radical (unpaired) electrons. The van der Waals surface area contributed by atoms with E-state index in [9.17, 15) is 4.79 Å². The van der Waals surface area contributed by atoms with Crippen molar-refractivity contribution in [3.63, 3.8) is 0 Å². The first-order valence-corrected chi connectivity index (χ1v) is 7.62. The molecule has 3 heterocycles. The molecule has 8 heteroatoms. The Labute approximate surface area is 135 Å². The minimum absolute atomic E-state index is 0.0116. The molecule has 0 bridgehead atoms. The van der Waals surface area contributed by atoms with Crippen molar-refractivity contribution in [3.8, 4) is 10.6 Å². The van der Waals surface area contributed by atoms with E-state index in [2.05, 4.69) is 20.3 Å². The van der Waals surface area contributed by atoms with E-state index in [0.717, 1.165) is 16.3 Å². The van der Waals surface area contributed by atoms with Crippen LogP contribution < -0.4 is 10.2 Å². The van der Waals surface area contributed by atoms with E-state index in [1.807, 2.05) is 6.92 Å². The highest BCUT2D eigenvalue weighted by atomic mass is 35.5. The fraction of sp³-hybridized carbons (Fsp3) is 0.143. The van der Waals surface area contributed by atoms with Gasteiger partial charge < -0.3 is 9.88 Å². The Bertz CT molecular complexity index is 872. The molecule has 0 saturated carbocycles. The van der Waals surface area contributed by atoms with Gasteiger partial charge in [-0.25, -0.2) is 15.0 Å². The highest BCUT2D eigenvalue weighted by molar-refractivity contribution is 7.13. The quantitative estimate of drug-likeness (QED) is 0.746. The molecule has 0 aliphatic rings. The molecule has 0 aliphatic heterocycles. The Hall–Kier alpha value is -2.25. The highest BCUT2D eigenvalue weighted by Crippen LogP contribution is 2.25. The largest absolute Gasteiger partial charge is 0.323 e. The zero-order valence-electron chi connectivity index (χ0n) is 11.9. The number of pyridine rings is 1. The first-order chi connectivity index (χ1) is 10.5. The molecule has 0 aromatic carbocycles. The van der Waals surface area contributed by atoms with Crippen molar-refractivity contribution in [2.45, 2.75) is 6.92 Å². The lowest BCUT2D eigenvalue weighted by molar-refractivity contribution is 0.854. The second-order valence-electron chi connectivity index (χ2n) is 4.60. The van der Waals surface area contributed by atoms with E-state index in [1.165, 1.54) is 11.3 Å². The number of thiazole rings is 1. The molecular formula is C14H12ClN5OS. The standard InChI is InChI=1S/C14H12ClN5OS/c1-8-12(22-14(21)20(8)2)10-5-6-16-13(19-10)18-9-3-4-11(15)17-7-9/h3-7H,1-2H3,(H,16,18,19). The number of hydrogen-bond donors (Lipinski definition) is 1. The van der Waals surface area contributed by atoms with Crippen LogP contribution in [-0.4, -0.2) is 19.5 Å². The van der Waals surface area contributed by atoms with Gasteiger partial charge in [-0.05, 0) is 25.1 Å². The summed E-state index contributed by atoms with van der Waals surface area (Å²) in [6.07, 6.45) is 3.25. The predicted octanol–water partition coefficient (Wildman–Crippen LogP) is 3.00. The zero-order chi connectivity index (χ0) is 15.7. The SMILES string of the molecule is Cc1c(-c2ccnc(Nc3ccc(Cl)nc3)n2)sc(=O)n1C. The van der Waals surface area contributed by atoms with Crippen molar-refractivity contribution in [1.29, 1.82) is 0 Å². The van der Waals surface area contributed by atoms with Gasteiger partial charge in [0.05, 0.1) is 22.5 Å². The molecule has 3 aromatic heterocycles. The Morgan fingerprint density at radius 1 is 1.27 bits per heavy atom. The summed E-state index contributed by atoms with van der Waals surface area (Å²) in [7, 11) is 1.75. The smallest absolute Gasteiger partial charge is 0.307 e. The van der Waals surface area contributed by atoms with Crippen molar-refractivity contribution < 1.29 is 0 Å². The van der Waals surface area contributed by atoms with E-state index in [1.54, 1.807) is 42.2 Å². The van der Waals surface area contributed by atoms with Gasteiger partial charge in [0.25, 0.3) is 0 Å². The van der Waals surface area contributed by atoms with Crippen LogP contribution >= 0.6 is 22.9 Å². The number of hydrogen-bond acceptors (Lipinski definition) is 6. The van der Waals surface area contributed by atoms with Gasteiger partial charge in [-0.3, -0.25) is 4.79 Å². The van der Waals surface area contributed by atoms with Gasteiger partial charge >= 0.3 is 4.87 Å². The summed E-state index contributed by atoms with van der Waals surface area (Å²) in [5, 5.41) is 3.48. The molecule has 112 valence electrons. The first kappa shape index (κ1) is 14.7. The Morgan fingerprint density at radius 3 is 2.73 bits per heavy atom. The van der Waals surface area contributed by atoms with Gasteiger partial charge in [0.2, 0.25) is 5.95 Å². The van der Waals surface area contributed by atoms with E-state index in [4.69, 9.17) is 11.6 Å². The van der Waals surface area contributed by atoms with Gasteiger partial charge in [-0.1, -0.05) is 22.9 Å². The summed E-state index contributed by atoms with van der Waals surface area (Å²) in [4.78, 5) is 25.2. The van der Waals surface area contributed by atoms with Gasteiger partial charge in [0, 0.05) is 18.9 Å². The Balaban J connectivity index is 1.94. The van der Waals surface area contributed by atoms with Crippen molar-refractivity contribution in [2.24, 2.45) is 7.05 Å². The van der Waals surface area contributed by atoms with Gasteiger partial charge in [0.1, 0.15) is 5.15 Å². The molecule has 0 unspecified atom stereocenters. The van der Waals surface area contributed by atoms with Crippen LogP contribution in [0, 0.1) is 6.92 Å². The van der Waals surface area contributed by atoms with Crippen LogP contribution in [0.3, 0.4) is 0 Å². The average Bonchev–Trinajstić information content (AvgIpc) is 2.78. The summed E-state index contributed by atoms with van der Waals surface area (Å²) >= 11 is 6.92. The van der Waals surface area contributed by atoms with Gasteiger partial charge in [-0.2, -0.15) is 0 Å². The number of rotatable bonds is 3. The van der Waals surface area contributed by atoms with E-state index >= 15 is 0 Å². The molecule has 0 aliphatic carbocycles. The number of anilines is 2. The third-order valence-corrected chi connectivity index (χ3v) is 4.55. The van der Waals surface area contributed by atoms with Crippen LogP contribution in [0.1, 0.15) is 5.69 Å². The van der Waals surface area contributed by atoms with Crippen LogP contribution in [0.5, 0.6) is 0 Å². The third-order valence-electron chi connectivity index (χ3n) is 3.17. The summed E-state index contributed by atoms with van der Waals surface area (Å²) in [6.45, 7) is 1.89. The maximum atomic E-state index is 11.7. The van der Waals surface area contributed by atoms with E-state index in [-0.39, 0.29) is 4.87 Å². The van der Waals surface area contributed by atoms with Crippen LogP contribution in [0.15, 0.2) is 35.4 Å². The topological polar surface area (TPSA) is 72.7 Å². The number of nitrogens with zero attached hydrogens (tertiary/aromatic N) is 4. The number of halogens is 1. The van der Waals surface area contributed by atoms with Crippen LogP contribution in [0.4, 0.5) is 11.6 Å². The van der Waals surface area contributed by atoms with Crippen molar-refractivity contribution >= 4 is 34.6 Å². The van der Waals surface area contributed by atoms with Crippen molar-refractivity contribution in [2.75, 3.05) is 5.32 Å². The van der Waals surface area contributed by atoms with Crippen molar-refractivity contribution in [3.05, 3.63) is 51.1 Å². The highest BCUT2D eigenvalue weighted by Gasteiger charge is 2.12. The second-order valence-corrected chi connectivity index (χ2v) is 5.95. The molecule has 0 atom stereocenters. The van der Waals surface area contributed by atoms with E-state index in [0.29, 0.717) is 16.8 Å². The molecular weight excluding hydrogens is 322 g/mol. The number of nitrogens with one attached hydrogen (secondary N) is 1. The lowest BCUT2D eigenvalue weighted by Gasteiger charge is -2.06. The maximum absolute atomic E-state index is 11.7. The summed E-state index contributed by atoms with van der Waals surface area (Å²) in [5.41, 5.74) is 2.33. The average molecular weight is 334 g/mol. The zero-order valence-corrected chi connectivity index (χ0v) is 13.4. The number of aromatic nitrogens is 4.